The Labute approximate surface area is 260 Å². The normalized spacial score (nSPS) is 11.2. The van der Waals surface area contributed by atoms with E-state index in [0.29, 0.717) is 12.4 Å². The highest BCUT2D eigenvalue weighted by atomic mass is 79.9. The van der Waals surface area contributed by atoms with Gasteiger partial charge in [0.1, 0.15) is 23.8 Å². The Morgan fingerprint density at radius 3 is 2.37 bits per heavy atom. The van der Waals surface area contributed by atoms with E-state index >= 15 is 0 Å². The van der Waals surface area contributed by atoms with Gasteiger partial charge in [-0.1, -0.05) is 78.3 Å². The number of nitrogens with zero attached hydrogens (tertiary/aromatic N) is 3. The first-order valence-corrected chi connectivity index (χ1v) is 14.8. The van der Waals surface area contributed by atoms with Crippen molar-refractivity contribution in [1.82, 2.24) is 15.2 Å². The number of halogens is 1. The molecule has 8 heteroatoms. The van der Waals surface area contributed by atoms with Crippen LogP contribution in [0.15, 0.2) is 113 Å². The van der Waals surface area contributed by atoms with E-state index in [0.717, 1.165) is 49.4 Å². The van der Waals surface area contributed by atoms with Crippen molar-refractivity contribution >= 4 is 28.1 Å². The average molecular weight is 638 g/mol. The number of para-hydroxylation sites is 1. The number of aryl methyl sites for hydroxylation is 1. The molecule has 0 aliphatic rings. The topological polar surface area (TPSA) is 77.7 Å². The van der Waals surface area contributed by atoms with Gasteiger partial charge in [-0.25, -0.2) is 10.1 Å². The number of carbonyl (C=O) groups excluding carboxylic acids is 1. The monoisotopic (exact) mass is 636 g/mol. The minimum absolute atomic E-state index is 0.154. The van der Waals surface area contributed by atoms with Crippen molar-refractivity contribution in [3.8, 4) is 28.4 Å². The van der Waals surface area contributed by atoms with Crippen LogP contribution in [0.4, 0.5) is 0 Å². The number of aromatic nitrogens is 2. The maximum Gasteiger partial charge on any atom is 0.277 e. The van der Waals surface area contributed by atoms with Gasteiger partial charge >= 0.3 is 0 Å². The van der Waals surface area contributed by atoms with E-state index < -0.39 is 0 Å². The van der Waals surface area contributed by atoms with Crippen molar-refractivity contribution in [2.24, 2.45) is 5.10 Å². The smallest absolute Gasteiger partial charge is 0.277 e. The molecule has 0 saturated heterocycles. The standard InChI is InChI=1S/C35H33BrN4O3/c1-24(2)31-19-32(36)25(3)18-33(31)43-23-34(41)38-37-20-28-21-40(29-12-8-5-9-13-29)39-35(28)27-14-16-30(17-15-27)42-22-26-10-6-4-7-11-26/h4-21,24H,22-23H2,1-3H3,(H,38,41)/b37-20+. The molecule has 0 aliphatic carbocycles. The van der Waals surface area contributed by atoms with E-state index in [-0.39, 0.29) is 18.4 Å². The largest absolute Gasteiger partial charge is 0.489 e. The van der Waals surface area contributed by atoms with Crippen LogP contribution in [0.2, 0.25) is 0 Å². The molecule has 0 atom stereocenters. The Balaban J connectivity index is 1.29. The van der Waals surface area contributed by atoms with Crippen LogP contribution in [0.5, 0.6) is 11.5 Å². The zero-order valence-electron chi connectivity index (χ0n) is 24.3. The molecule has 218 valence electrons. The van der Waals surface area contributed by atoms with Gasteiger partial charge in [0.15, 0.2) is 6.61 Å². The third-order valence-corrected chi connectivity index (χ3v) is 7.66. The van der Waals surface area contributed by atoms with Gasteiger partial charge in [-0.15, -0.1) is 0 Å². The van der Waals surface area contributed by atoms with Gasteiger partial charge in [-0.2, -0.15) is 10.2 Å². The molecule has 5 rings (SSSR count). The summed E-state index contributed by atoms with van der Waals surface area (Å²) in [4.78, 5) is 12.6. The van der Waals surface area contributed by atoms with Crippen LogP contribution in [-0.2, 0) is 11.4 Å². The molecule has 1 amide bonds. The molecular formula is C35H33BrN4O3. The van der Waals surface area contributed by atoms with E-state index in [4.69, 9.17) is 14.6 Å². The van der Waals surface area contributed by atoms with Crippen molar-refractivity contribution in [3.05, 3.63) is 130 Å². The maximum absolute atomic E-state index is 12.6. The van der Waals surface area contributed by atoms with Crippen molar-refractivity contribution in [3.63, 3.8) is 0 Å². The molecule has 0 saturated carbocycles. The van der Waals surface area contributed by atoms with Crippen LogP contribution in [0.25, 0.3) is 16.9 Å². The number of hydrogen-bond donors (Lipinski definition) is 1. The summed E-state index contributed by atoms with van der Waals surface area (Å²) in [5.41, 5.74) is 9.03. The fourth-order valence-electron chi connectivity index (χ4n) is 4.47. The Hall–Kier alpha value is -4.69. The van der Waals surface area contributed by atoms with Crippen molar-refractivity contribution in [2.75, 3.05) is 6.61 Å². The average Bonchev–Trinajstić information content (AvgIpc) is 3.45. The molecule has 43 heavy (non-hydrogen) atoms. The summed E-state index contributed by atoms with van der Waals surface area (Å²) < 4.78 is 14.6. The summed E-state index contributed by atoms with van der Waals surface area (Å²) in [6, 6.07) is 31.6. The van der Waals surface area contributed by atoms with E-state index in [1.165, 1.54) is 0 Å². The molecule has 4 aromatic carbocycles. The number of hydrazone groups is 1. The Morgan fingerprint density at radius 1 is 0.977 bits per heavy atom. The summed E-state index contributed by atoms with van der Waals surface area (Å²) >= 11 is 3.58. The highest BCUT2D eigenvalue weighted by molar-refractivity contribution is 9.10. The summed E-state index contributed by atoms with van der Waals surface area (Å²) in [5.74, 6) is 1.34. The van der Waals surface area contributed by atoms with Gasteiger partial charge in [0.2, 0.25) is 0 Å². The summed E-state index contributed by atoms with van der Waals surface area (Å²) in [5, 5.41) is 9.06. The third kappa shape index (κ3) is 7.78. The quantitative estimate of drug-likeness (QED) is 0.118. The molecule has 1 aromatic heterocycles. The van der Waals surface area contributed by atoms with E-state index in [1.807, 2.05) is 110 Å². The molecule has 1 N–H and O–H groups in total. The minimum Gasteiger partial charge on any atom is -0.489 e. The van der Waals surface area contributed by atoms with Crippen LogP contribution >= 0.6 is 15.9 Å². The lowest BCUT2D eigenvalue weighted by Crippen LogP contribution is -2.25. The zero-order chi connectivity index (χ0) is 30.2. The fourth-order valence-corrected chi connectivity index (χ4v) is 4.83. The molecule has 0 bridgehead atoms. The summed E-state index contributed by atoms with van der Waals surface area (Å²) in [6.45, 7) is 6.51. The van der Waals surface area contributed by atoms with Crippen molar-refractivity contribution in [1.29, 1.82) is 0 Å². The second kappa shape index (κ2) is 14.0. The van der Waals surface area contributed by atoms with Crippen molar-refractivity contribution < 1.29 is 14.3 Å². The maximum atomic E-state index is 12.6. The number of rotatable bonds is 11. The molecule has 1 heterocycles. The molecule has 7 nitrogen and oxygen atoms in total. The lowest BCUT2D eigenvalue weighted by atomic mass is 10.0. The summed E-state index contributed by atoms with van der Waals surface area (Å²) in [6.07, 6.45) is 3.49. The number of benzene rings is 4. The molecule has 0 spiro atoms. The highest BCUT2D eigenvalue weighted by Gasteiger charge is 2.14. The minimum atomic E-state index is -0.358. The van der Waals surface area contributed by atoms with Crippen LogP contribution < -0.4 is 14.9 Å². The van der Waals surface area contributed by atoms with Crippen molar-refractivity contribution in [2.45, 2.75) is 33.3 Å². The molecule has 0 radical (unpaired) electrons. The SMILES string of the molecule is Cc1cc(OCC(=O)N/N=C/c2cn(-c3ccccc3)nc2-c2ccc(OCc3ccccc3)cc2)c(C(C)C)cc1Br. The lowest BCUT2D eigenvalue weighted by molar-refractivity contribution is -0.123. The second-order valence-electron chi connectivity index (χ2n) is 10.4. The number of amides is 1. The predicted octanol–water partition coefficient (Wildman–Crippen LogP) is 7.84. The third-order valence-electron chi connectivity index (χ3n) is 6.80. The molecule has 5 aromatic rings. The zero-order valence-corrected chi connectivity index (χ0v) is 25.9. The highest BCUT2D eigenvalue weighted by Crippen LogP contribution is 2.32. The number of ether oxygens (including phenoxy) is 2. The van der Waals surface area contributed by atoms with E-state index in [1.54, 1.807) is 10.9 Å². The lowest BCUT2D eigenvalue weighted by Gasteiger charge is -2.15. The Kier molecular flexibility index (Phi) is 9.69. The van der Waals surface area contributed by atoms with Crippen LogP contribution in [-0.4, -0.2) is 28.5 Å². The Bertz CT molecular complexity index is 1700. The van der Waals surface area contributed by atoms with Crippen LogP contribution in [0.3, 0.4) is 0 Å². The first kappa shape index (κ1) is 29.8. The van der Waals surface area contributed by atoms with Gasteiger partial charge in [-0.3, -0.25) is 4.79 Å². The molecular weight excluding hydrogens is 604 g/mol. The van der Waals surface area contributed by atoms with Gasteiger partial charge in [0, 0.05) is 21.8 Å². The van der Waals surface area contributed by atoms with Gasteiger partial charge < -0.3 is 9.47 Å². The van der Waals surface area contributed by atoms with E-state index in [2.05, 4.69) is 40.3 Å². The molecule has 0 fully saturated rings. The first-order chi connectivity index (χ1) is 20.9. The number of hydrogen-bond acceptors (Lipinski definition) is 5. The fraction of sp³-hybridized carbons (Fsp3) is 0.171. The van der Waals surface area contributed by atoms with Gasteiger partial charge in [0.25, 0.3) is 5.91 Å². The van der Waals surface area contributed by atoms with Gasteiger partial charge in [0.05, 0.1) is 11.9 Å². The predicted molar refractivity (Wildman–Crippen MR) is 174 cm³/mol. The molecule has 0 unspecified atom stereocenters. The van der Waals surface area contributed by atoms with E-state index in [9.17, 15) is 4.79 Å². The van der Waals surface area contributed by atoms with Crippen LogP contribution in [0, 0.1) is 6.92 Å². The number of nitrogens with one attached hydrogen (secondary N) is 1. The Morgan fingerprint density at radius 2 is 1.67 bits per heavy atom. The second-order valence-corrected chi connectivity index (χ2v) is 11.2. The molecule has 0 aliphatic heterocycles. The van der Waals surface area contributed by atoms with Gasteiger partial charge in [-0.05, 0) is 78.1 Å². The first-order valence-electron chi connectivity index (χ1n) is 14.0. The number of carbonyl (C=O) groups is 1. The summed E-state index contributed by atoms with van der Waals surface area (Å²) in [7, 11) is 0. The van der Waals surface area contributed by atoms with Crippen LogP contribution in [0.1, 0.15) is 42.0 Å².